The molecule has 1 amide bonds. The molecule has 4 aromatic rings. The summed E-state index contributed by atoms with van der Waals surface area (Å²) in [5.74, 6) is 0.894. The molecule has 1 aliphatic rings. The minimum Gasteiger partial charge on any atom is -0.465 e. The molecule has 198 valence electrons. The third kappa shape index (κ3) is 5.17. The lowest BCUT2D eigenvalue weighted by atomic mass is 9.88. The Morgan fingerprint density at radius 3 is 2.71 bits per heavy atom. The molecular weight excluding hydrogens is 537 g/mol. The van der Waals surface area contributed by atoms with E-state index < -0.39 is 5.97 Å². The van der Waals surface area contributed by atoms with Crippen LogP contribution in [0.4, 0.5) is 5.00 Å². The van der Waals surface area contributed by atoms with E-state index in [0.29, 0.717) is 21.6 Å². The SMILES string of the molecule is COC(=O)c1c(NC(=O)CSc2nnc(-c3csc(C)c3-c3ccc(C)cc3)n2C)sc2c1CCC(C)C2. The normalized spacial score (nSPS) is 14.8. The van der Waals surface area contributed by atoms with Gasteiger partial charge >= 0.3 is 5.97 Å². The van der Waals surface area contributed by atoms with Crippen molar-refractivity contribution in [3.8, 4) is 22.5 Å². The van der Waals surface area contributed by atoms with E-state index in [0.717, 1.165) is 47.3 Å². The highest BCUT2D eigenvalue weighted by molar-refractivity contribution is 7.99. The molecule has 5 rings (SSSR count). The van der Waals surface area contributed by atoms with Crippen LogP contribution in [0.25, 0.3) is 22.5 Å². The Hall–Kier alpha value is -2.95. The zero-order valence-electron chi connectivity index (χ0n) is 22.1. The highest BCUT2D eigenvalue weighted by Gasteiger charge is 2.29. The number of thiophene rings is 2. The lowest BCUT2D eigenvalue weighted by Crippen LogP contribution is -2.17. The number of hydrogen-bond donors (Lipinski definition) is 1. The number of anilines is 1. The number of fused-ring (bicyclic) bond motifs is 1. The van der Waals surface area contributed by atoms with E-state index in [2.05, 4.69) is 65.9 Å². The van der Waals surface area contributed by atoms with Crippen molar-refractivity contribution >= 4 is 51.3 Å². The molecule has 3 heterocycles. The van der Waals surface area contributed by atoms with Gasteiger partial charge in [-0.05, 0) is 50.2 Å². The molecule has 1 N–H and O–H groups in total. The maximum atomic E-state index is 13.0. The summed E-state index contributed by atoms with van der Waals surface area (Å²) in [7, 11) is 3.30. The summed E-state index contributed by atoms with van der Waals surface area (Å²) in [4.78, 5) is 27.9. The van der Waals surface area contributed by atoms with Gasteiger partial charge < -0.3 is 14.6 Å². The van der Waals surface area contributed by atoms with Gasteiger partial charge in [-0.25, -0.2) is 4.79 Å². The zero-order chi connectivity index (χ0) is 27.0. The number of aryl methyl sites for hydroxylation is 2. The fraction of sp³-hybridized carbons (Fsp3) is 0.357. The third-order valence-corrected chi connectivity index (χ3v) is 9.98. The predicted molar refractivity (Wildman–Crippen MR) is 155 cm³/mol. The van der Waals surface area contributed by atoms with Crippen LogP contribution in [0.3, 0.4) is 0 Å². The van der Waals surface area contributed by atoms with Gasteiger partial charge in [0.2, 0.25) is 5.91 Å². The van der Waals surface area contributed by atoms with Crippen LogP contribution >= 0.6 is 34.4 Å². The van der Waals surface area contributed by atoms with Crippen molar-refractivity contribution in [2.45, 2.75) is 45.2 Å². The Morgan fingerprint density at radius 2 is 1.97 bits per heavy atom. The number of aromatic nitrogens is 3. The molecule has 1 unspecified atom stereocenters. The third-order valence-electron chi connectivity index (χ3n) is 6.88. The number of esters is 1. The molecule has 3 aromatic heterocycles. The standard InChI is InChI=1S/C28H30N4O3S3/c1-15-6-9-18(10-7-15)23-17(3)36-13-20(23)25-30-31-28(32(25)4)37-14-22(33)29-26-24(27(34)35-5)19-11-8-16(2)12-21(19)38-26/h6-7,9-10,13,16H,8,11-12,14H2,1-5H3,(H,29,33). The molecule has 38 heavy (non-hydrogen) atoms. The number of nitrogens with one attached hydrogen (secondary N) is 1. The summed E-state index contributed by atoms with van der Waals surface area (Å²) >= 11 is 4.51. The molecule has 1 aliphatic carbocycles. The van der Waals surface area contributed by atoms with Crippen molar-refractivity contribution in [3.05, 3.63) is 56.1 Å². The van der Waals surface area contributed by atoms with Crippen LogP contribution < -0.4 is 5.32 Å². The van der Waals surface area contributed by atoms with E-state index in [-0.39, 0.29) is 11.7 Å². The van der Waals surface area contributed by atoms with Gasteiger partial charge in [0.05, 0.1) is 18.4 Å². The second-order valence-electron chi connectivity index (χ2n) is 9.70. The van der Waals surface area contributed by atoms with Crippen molar-refractivity contribution in [3.63, 3.8) is 0 Å². The molecule has 10 heteroatoms. The zero-order valence-corrected chi connectivity index (χ0v) is 24.5. The van der Waals surface area contributed by atoms with Gasteiger partial charge in [0.1, 0.15) is 5.00 Å². The molecule has 0 saturated carbocycles. The van der Waals surface area contributed by atoms with Gasteiger partial charge in [0, 0.05) is 33.3 Å². The van der Waals surface area contributed by atoms with Crippen LogP contribution in [-0.4, -0.2) is 39.5 Å². The second kappa shape index (κ2) is 11.0. The number of ether oxygens (including phenoxy) is 1. The highest BCUT2D eigenvalue weighted by Crippen LogP contribution is 2.41. The van der Waals surface area contributed by atoms with E-state index in [1.807, 2.05) is 11.6 Å². The summed E-state index contributed by atoms with van der Waals surface area (Å²) in [5.41, 5.74) is 6.09. The molecule has 7 nitrogen and oxygen atoms in total. The summed E-state index contributed by atoms with van der Waals surface area (Å²) < 4.78 is 6.97. The monoisotopic (exact) mass is 566 g/mol. The second-order valence-corrected chi connectivity index (χ2v) is 12.8. The fourth-order valence-electron chi connectivity index (χ4n) is 4.82. The topological polar surface area (TPSA) is 86.1 Å². The molecule has 1 atom stereocenters. The number of amides is 1. The van der Waals surface area contributed by atoms with Crippen molar-refractivity contribution in [2.24, 2.45) is 13.0 Å². The average Bonchev–Trinajstić information content (AvgIpc) is 3.56. The van der Waals surface area contributed by atoms with E-state index >= 15 is 0 Å². The number of carbonyl (C=O) groups is 2. The van der Waals surface area contributed by atoms with E-state index in [9.17, 15) is 9.59 Å². The van der Waals surface area contributed by atoms with Gasteiger partial charge in [-0.1, -0.05) is 48.5 Å². The summed E-state index contributed by atoms with van der Waals surface area (Å²) in [6, 6.07) is 8.50. The van der Waals surface area contributed by atoms with Gasteiger partial charge in [0.25, 0.3) is 0 Å². The molecule has 0 fully saturated rings. The molecule has 1 aromatic carbocycles. The molecule has 0 aliphatic heterocycles. The largest absolute Gasteiger partial charge is 0.465 e. The maximum absolute atomic E-state index is 13.0. The molecule has 0 bridgehead atoms. The van der Waals surface area contributed by atoms with Gasteiger partial charge in [-0.15, -0.1) is 32.9 Å². The van der Waals surface area contributed by atoms with Crippen LogP contribution in [-0.2, 0) is 29.4 Å². The van der Waals surface area contributed by atoms with Crippen LogP contribution in [0.5, 0.6) is 0 Å². The van der Waals surface area contributed by atoms with Crippen LogP contribution in [0.2, 0.25) is 0 Å². The van der Waals surface area contributed by atoms with Gasteiger partial charge in [-0.3, -0.25) is 4.79 Å². The van der Waals surface area contributed by atoms with E-state index in [1.54, 1.807) is 11.3 Å². The first-order valence-electron chi connectivity index (χ1n) is 12.5. The van der Waals surface area contributed by atoms with Crippen molar-refractivity contribution in [2.75, 3.05) is 18.2 Å². The number of hydrogen-bond acceptors (Lipinski definition) is 8. The lowest BCUT2D eigenvalue weighted by molar-refractivity contribution is -0.113. The number of benzene rings is 1. The predicted octanol–water partition coefficient (Wildman–Crippen LogP) is 6.53. The smallest absolute Gasteiger partial charge is 0.341 e. The summed E-state index contributed by atoms with van der Waals surface area (Å²) in [6.45, 7) is 6.41. The first-order chi connectivity index (χ1) is 18.3. The molecule has 0 radical (unpaired) electrons. The maximum Gasteiger partial charge on any atom is 0.341 e. The first-order valence-corrected chi connectivity index (χ1v) is 15.1. The van der Waals surface area contributed by atoms with E-state index in [4.69, 9.17) is 4.74 Å². The number of thioether (sulfide) groups is 1. The Bertz CT molecular complexity index is 1500. The van der Waals surface area contributed by atoms with Crippen molar-refractivity contribution in [1.82, 2.24) is 14.8 Å². The van der Waals surface area contributed by atoms with Crippen LogP contribution in [0.1, 0.15) is 44.6 Å². The Balaban J connectivity index is 1.32. The van der Waals surface area contributed by atoms with Crippen molar-refractivity contribution < 1.29 is 14.3 Å². The number of rotatable bonds is 7. The van der Waals surface area contributed by atoms with Crippen LogP contribution in [0.15, 0.2) is 34.8 Å². The minimum absolute atomic E-state index is 0.152. The molecular formula is C28H30N4O3S3. The average molecular weight is 567 g/mol. The molecule has 0 spiro atoms. The quantitative estimate of drug-likeness (QED) is 0.202. The fourth-order valence-corrected chi connectivity index (χ4v) is 7.81. The lowest BCUT2D eigenvalue weighted by Gasteiger charge is -2.18. The van der Waals surface area contributed by atoms with Gasteiger partial charge in [-0.2, -0.15) is 0 Å². The summed E-state index contributed by atoms with van der Waals surface area (Å²) in [6.07, 6.45) is 2.78. The van der Waals surface area contributed by atoms with Crippen molar-refractivity contribution in [1.29, 1.82) is 0 Å². The number of methoxy groups -OCH3 is 1. The Morgan fingerprint density at radius 1 is 1.21 bits per heavy atom. The minimum atomic E-state index is -0.395. The number of nitrogens with zero attached hydrogens (tertiary/aromatic N) is 3. The first kappa shape index (κ1) is 26.6. The number of carbonyl (C=O) groups excluding carboxylic acids is 2. The van der Waals surface area contributed by atoms with Gasteiger partial charge in [0.15, 0.2) is 11.0 Å². The van der Waals surface area contributed by atoms with E-state index in [1.165, 1.54) is 45.5 Å². The molecule has 0 saturated heterocycles. The highest BCUT2D eigenvalue weighted by atomic mass is 32.2. The van der Waals surface area contributed by atoms with Crippen LogP contribution in [0, 0.1) is 19.8 Å². The Kier molecular flexibility index (Phi) is 7.74. The summed E-state index contributed by atoms with van der Waals surface area (Å²) in [5, 5.41) is 15.2. The Labute approximate surface area is 234 Å².